The average Bonchev–Trinajstić information content (AvgIpc) is 3.05. The molecule has 1 aromatic heterocycles. The van der Waals surface area contributed by atoms with Crippen LogP contribution < -0.4 is 10.6 Å². The summed E-state index contributed by atoms with van der Waals surface area (Å²) in [5, 5.41) is 6.52. The molecule has 0 unspecified atom stereocenters. The Morgan fingerprint density at radius 3 is 2.61 bits per heavy atom. The number of aromatic nitrogens is 1. The number of piperidine rings is 1. The van der Waals surface area contributed by atoms with E-state index in [1.807, 2.05) is 13.8 Å². The topological polar surface area (TPSA) is 65.7 Å². The zero-order valence-electron chi connectivity index (χ0n) is 18.4. The van der Waals surface area contributed by atoms with Gasteiger partial charge in [-0.15, -0.1) is 24.0 Å². The molecule has 6 nitrogen and oxygen atoms in total. The van der Waals surface area contributed by atoms with Gasteiger partial charge in [-0.2, -0.15) is 0 Å². The van der Waals surface area contributed by atoms with Crippen molar-refractivity contribution in [3.63, 3.8) is 0 Å². The van der Waals surface area contributed by atoms with E-state index in [2.05, 4.69) is 25.5 Å². The minimum absolute atomic E-state index is 0. The molecule has 0 atom stereocenters. The number of guanidine groups is 1. The Balaban J connectivity index is 0.00000341. The zero-order valence-corrected chi connectivity index (χ0v) is 20.7. The van der Waals surface area contributed by atoms with E-state index in [9.17, 15) is 8.78 Å². The summed E-state index contributed by atoms with van der Waals surface area (Å²) < 4.78 is 32.6. The van der Waals surface area contributed by atoms with Crippen LogP contribution in [-0.4, -0.2) is 49.1 Å². The number of halogens is 3. The van der Waals surface area contributed by atoms with Crippen molar-refractivity contribution < 1.29 is 13.2 Å². The number of oxazole rings is 1. The van der Waals surface area contributed by atoms with Crippen molar-refractivity contribution in [1.82, 2.24) is 20.5 Å². The first-order chi connectivity index (χ1) is 14.4. The molecule has 0 spiro atoms. The summed E-state index contributed by atoms with van der Waals surface area (Å²) in [6.07, 6.45) is 2.58. The first-order valence-electron chi connectivity index (χ1n) is 10.5. The molecule has 0 amide bonds. The third-order valence-electron chi connectivity index (χ3n) is 5.62. The molecular weight excluding hydrogens is 515 g/mol. The highest BCUT2D eigenvalue weighted by molar-refractivity contribution is 14.0. The van der Waals surface area contributed by atoms with Gasteiger partial charge < -0.3 is 15.1 Å². The van der Waals surface area contributed by atoms with E-state index < -0.39 is 5.82 Å². The summed E-state index contributed by atoms with van der Waals surface area (Å²) >= 11 is 0. The number of nitrogens with one attached hydrogen (secondary N) is 2. The quantitative estimate of drug-likeness (QED) is 0.314. The van der Waals surface area contributed by atoms with Crippen LogP contribution in [0.3, 0.4) is 0 Å². The number of hydrogen-bond donors (Lipinski definition) is 2. The molecule has 1 aromatic carbocycles. The van der Waals surface area contributed by atoms with Crippen molar-refractivity contribution in [3.05, 3.63) is 52.7 Å². The molecule has 9 heteroatoms. The molecule has 1 saturated heterocycles. The molecule has 0 bridgehead atoms. The largest absolute Gasteiger partial charge is 0.444 e. The van der Waals surface area contributed by atoms with Crippen LogP contribution in [0.15, 0.2) is 27.6 Å². The van der Waals surface area contributed by atoms with Crippen LogP contribution in [0, 0.1) is 31.4 Å². The number of hydrogen-bond acceptors (Lipinski definition) is 4. The monoisotopic (exact) mass is 547 g/mol. The van der Waals surface area contributed by atoms with E-state index in [1.165, 1.54) is 6.07 Å². The van der Waals surface area contributed by atoms with Gasteiger partial charge in [-0.25, -0.2) is 13.8 Å². The smallest absolute Gasteiger partial charge is 0.208 e. The maximum Gasteiger partial charge on any atom is 0.208 e. The molecule has 31 heavy (non-hydrogen) atoms. The predicted octanol–water partition coefficient (Wildman–Crippen LogP) is 3.81. The lowest BCUT2D eigenvalue weighted by atomic mass is 9.97. The molecule has 2 heterocycles. The third-order valence-corrected chi connectivity index (χ3v) is 5.62. The number of aryl methyl sites for hydroxylation is 2. The van der Waals surface area contributed by atoms with E-state index in [0.29, 0.717) is 30.4 Å². The van der Waals surface area contributed by atoms with Gasteiger partial charge in [-0.05, 0) is 75.9 Å². The summed E-state index contributed by atoms with van der Waals surface area (Å²) in [4.78, 5) is 11.1. The Morgan fingerprint density at radius 2 is 1.97 bits per heavy atom. The van der Waals surface area contributed by atoms with Crippen LogP contribution >= 0.6 is 24.0 Å². The molecule has 0 saturated carbocycles. The van der Waals surface area contributed by atoms with Crippen molar-refractivity contribution in [2.45, 2.75) is 39.7 Å². The number of likely N-dealkylation sites (tertiary alicyclic amines) is 1. The summed E-state index contributed by atoms with van der Waals surface area (Å²) in [5.41, 5.74) is 1.32. The van der Waals surface area contributed by atoms with Crippen LogP contribution in [0.4, 0.5) is 8.78 Å². The number of aliphatic imine (C=N–C) groups is 1. The lowest BCUT2D eigenvalue weighted by molar-refractivity contribution is 0.164. The highest BCUT2D eigenvalue weighted by atomic mass is 127. The molecule has 1 aliphatic heterocycles. The maximum absolute atomic E-state index is 13.7. The summed E-state index contributed by atoms with van der Waals surface area (Å²) in [6, 6.07) is 3.53. The van der Waals surface area contributed by atoms with Gasteiger partial charge in [0.2, 0.25) is 5.89 Å². The van der Waals surface area contributed by atoms with E-state index in [-0.39, 0.29) is 29.8 Å². The fraction of sp³-hybridized carbons (Fsp3) is 0.545. The normalized spacial score (nSPS) is 15.6. The Labute approximate surface area is 199 Å². The van der Waals surface area contributed by atoms with Gasteiger partial charge in [0.1, 0.15) is 17.4 Å². The second-order valence-corrected chi connectivity index (χ2v) is 7.83. The summed E-state index contributed by atoms with van der Waals surface area (Å²) in [7, 11) is 1.71. The van der Waals surface area contributed by atoms with Crippen molar-refractivity contribution in [2.75, 3.05) is 33.2 Å². The van der Waals surface area contributed by atoms with Gasteiger partial charge >= 0.3 is 0 Å². The van der Waals surface area contributed by atoms with Crippen molar-refractivity contribution >= 4 is 29.9 Å². The minimum atomic E-state index is -0.423. The van der Waals surface area contributed by atoms with Crippen LogP contribution in [0.25, 0.3) is 0 Å². The first kappa shape index (κ1) is 25.5. The van der Waals surface area contributed by atoms with Crippen molar-refractivity contribution in [3.8, 4) is 0 Å². The second kappa shape index (κ2) is 12.3. The van der Waals surface area contributed by atoms with Gasteiger partial charge in [0.15, 0.2) is 5.96 Å². The molecule has 3 rings (SSSR count). The van der Waals surface area contributed by atoms with E-state index in [4.69, 9.17) is 4.42 Å². The molecule has 1 aliphatic rings. The molecule has 2 N–H and O–H groups in total. The third kappa shape index (κ3) is 7.71. The van der Waals surface area contributed by atoms with Crippen LogP contribution in [0.5, 0.6) is 0 Å². The lowest BCUT2D eigenvalue weighted by Crippen LogP contribution is -2.43. The summed E-state index contributed by atoms with van der Waals surface area (Å²) in [5.74, 6) is 2.12. The molecule has 0 aliphatic carbocycles. The SMILES string of the molecule is CN=C(NCCc1cc(F)ccc1F)NCC1CCN(Cc2nc(C)c(C)o2)CC1.I. The predicted molar refractivity (Wildman–Crippen MR) is 129 cm³/mol. The maximum atomic E-state index is 13.7. The lowest BCUT2D eigenvalue weighted by Gasteiger charge is -2.31. The number of nitrogens with zero attached hydrogens (tertiary/aromatic N) is 3. The Morgan fingerprint density at radius 1 is 1.23 bits per heavy atom. The minimum Gasteiger partial charge on any atom is -0.444 e. The number of benzene rings is 1. The molecular formula is C22H32F2IN5O. The van der Waals surface area contributed by atoms with Crippen molar-refractivity contribution in [1.29, 1.82) is 0 Å². The first-order valence-corrected chi connectivity index (χ1v) is 10.5. The summed E-state index contributed by atoms with van der Waals surface area (Å²) in [6.45, 7) is 8.01. The second-order valence-electron chi connectivity index (χ2n) is 7.83. The van der Waals surface area contributed by atoms with Gasteiger partial charge in [0.05, 0.1) is 12.2 Å². The van der Waals surface area contributed by atoms with Crippen LogP contribution in [0.2, 0.25) is 0 Å². The van der Waals surface area contributed by atoms with Crippen molar-refractivity contribution in [2.24, 2.45) is 10.9 Å². The highest BCUT2D eigenvalue weighted by Gasteiger charge is 2.21. The average molecular weight is 547 g/mol. The van der Waals surface area contributed by atoms with Gasteiger partial charge in [0, 0.05) is 20.1 Å². The molecule has 2 aromatic rings. The van der Waals surface area contributed by atoms with E-state index in [1.54, 1.807) is 7.05 Å². The van der Waals surface area contributed by atoms with E-state index in [0.717, 1.165) is 68.5 Å². The number of rotatable bonds is 7. The molecule has 1 fully saturated rings. The van der Waals surface area contributed by atoms with Gasteiger partial charge in [0.25, 0.3) is 0 Å². The Hall–Kier alpha value is -1.75. The van der Waals surface area contributed by atoms with Gasteiger partial charge in [-0.3, -0.25) is 9.89 Å². The molecule has 172 valence electrons. The zero-order chi connectivity index (χ0) is 21.5. The van der Waals surface area contributed by atoms with Crippen LogP contribution in [0.1, 0.15) is 35.7 Å². The fourth-order valence-electron chi connectivity index (χ4n) is 3.66. The Bertz CT molecular complexity index is 846. The Kier molecular flexibility index (Phi) is 10.1. The fourth-order valence-corrected chi connectivity index (χ4v) is 3.66. The van der Waals surface area contributed by atoms with E-state index >= 15 is 0 Å². The van der Waals surface area contributed by atoms with Crippen LogP contribution in [-0.2, 0) is 13.0 Å². The molecule has 0 radical (unpaired) electrons. The highest BCUT2D eigenvalue weighted by Crippen LogP contribution is 2.19. The standard InChI is InChI=1S/C22H31F2N5O.HI/c1-15-16(2)30-21(28-15)14-29-10-7-17(8-11-29)13-27-22(25-3)26-9-6-18-12-19(23)4-5-20(18)24;/h4-5,12,17H,6-11,13-14H2,1-3H3,(H2,25,26,27);1H. The van der Waals surface area contributed by atoms with Gasteiger partial charge in [-0.1, -0.05) is 0 Å².